The average Bonchev–Trinajstić information content (AvgIpc) is 2.26. The average molecular weight is 285 g/mol. The molecule has 0 radical (unpaired) electrons. The molecule has 0 heterocycles. The van der Waals surface area contributed by atoms with Crippen molar-refractivity contribution < 1.29 is 17.7 Å². The molecule has 0 fully saturated rings. The first-order valence-electron chi connectivity index (χ1n) is 4.85. The lowest BCUT2D eigenvalue weighted by Crippen LogP contribution is -2.05. The fourth-order valence-electron chi connectivity index (χ4n) is 1.22. The summed E-state index contributed by atoms with van der Waals surface area (Å²) in [6.07, 6.45) is 4.11. The Morgan fingerprint density at radius 2 is 2.28 bits per heavy atom. The van der Waals surface area contributed by atoms with Crippen LogP contribution in [-0.2, 0) is 10.1 Å². The largest absolute Gasteiger partial charge is 0.392 e. The van der Waals surface area contributed by atoms with Crippen LogP contribution in [0.4, 0.5) is 5.69 Å². The number of aliphatic hydroxyl groups is 1. The monoisotopic (exact) mass is 285 g/mol. The Morgan fingerprint density at radius 1 is 1.56 bits per heavy atom. The smallest absolute Gasteiger partial charge is 0.306 e. The molecular weight excluding hydrogens is 274 g/mol. The Labute approximate surface area is 111 Å². The van der Waals surface area contributed by atoms with E-state index < -0.39 is 10.1 Å². The number of nitrogens with zero attached hydrogens (tertiary/aromatic N) is 1. The predicted molar refractivity (Wildman–Crippen MR) is 72.7 cm³/mol. The van der Waals surface area contributed by atoms with Gasteiger partial charge in [0.05, 0.1) is 23.7 Å². The molecule has 96 valence electrons. The van der Waals surface area contributed by atoms with Gasteiger partial charge in [-0.05, 0) is 24.4 Å². The lowest BCUT2D eigenvalue weighted by molar-refractivity contribution is 0.343. The number of hydrogen-bond donors (Lipinski definition) is 1. The van der Waals surface area contributed by atoms with Crippen molar-refractivity contribution in [2.45, 2.75) is 0 Å². The third-order valence-electron chi connectivity index (χ3n) is 1.82. The molecule has 0 aliphatic rings. The van der Waals surface area contributed by atoms with Crippen LogP contribution in [0.25, 0.3) is 6.08 Å². The van der Waals surface area contributed by atoms with E-state index in [1.807, 2.05) is 0 Å². The highest BCUT2D eigenvalue weighted by Crippen LogP contribution is 2.26. The molecular formula is C11H11NO4S2. The molecule has 18 heavy (non-hydrogen) atoms. The zero-order valence-electron chi connectivity index (χ0n) is 9.53. The Kier molecular flexibility index (Phi) is 5.18. The van der Waals surface area contributed by atoms with Crippen LogP contribution in [0.1, 0.15) is 5.56 Å². The SMILES string of the molecule is CS(=O)(=O)Oc1ccc(/C=C/CO)c(N=C=S)c1. The first-order chi connectivity index (χ1) is 8.46. The first kappa shape index (κ1) is 14.5. The second-order valence-corrected chi connectivity index (χ2v) is 5.05. The summed E-state index contributed by atoms with van der Waals surface area (Å²) in [4.78, 5) is 3.81. The number of aliphatic imine (C=N–C) groups is 1. The minimum absolute atomic E-state index is 0.109. The number of thiocarbonyl (C=S) groups is 1. The zero-order chi connectivity index (χ0) is 13.6. The Bertz CT molecular complexity index is 601. The lowest BCUT2D eigenvalue weighted by Gasteiger charge is -2.05. The van der Waals surface area contributed by atoms with Crippen LogP contribution in [0, 0.1) is 0 Å². The van der Waals surface area contributed by atoms with Gasteiger partial charge in [0.1, 0.15) is 5.75 Å². The number of hydrogen-bond acceptors (Lipinski definition) is 6. The van der Waals surface area contributed by atoms with Crippen LogP contribution >= 0.6 is 12.2 Å². The number of aliphatic hydroxyl groups excluding tert-OH is 1. The third-order valence-corrected chi connectivity index (χ3v) is 2.40. The van der Waals surface area contributed by atoms with Crippen molar-refractivity contribution in [3.05, 3.63) is 29.8 Å². The van der Waals surface area contributed by atoms with E-state index in [4.69, 9.17) is 9.29 Å². The summed E-state index contributed by atoms with van der Waals surface area (Å²) in [7, 11) is -3.58. The van der Waals surface area contributed by atoms with Gasteiger partial charge in [-0.15, -0.1) is 0 Å². The van der Waals surface area contributed by atoms with Gasteiger partial charge in [0.25, 0.3) is 0 Å². The van der Waals surface area contributed by atoms with Gasteiger partial charge in [-0.1, -0.05) is 12.2 Å². The van der Waals surface area contributed by atoms with Gasteiger partial charge in [-0.25, -0.2) is 0 Å². The number of isothiocyanates is 1. The summed E-state index contributed by atoms with van der Waals surface area (Å²) in [6.45, 7) is -0.109. The van der Waals surface area contributed by atoms with E-state index in [1.54, 1.807) is 12.1 Å². The van der Waals surface area contributed by atoms with E-state index in [2.05, 4.69) is 22.4 Å². The number of benzene rings is 1. The van der Waals surface area contributed by atoms with Crippen LogP contribution in [-0.4, -0.2) is 31.5 Å². The van der Waals surface area contributed by atoms with Gasteiger partial charge in [0, 0.05) is 11.6 Å². The molecule has 1 aromatic carbocycles. The zero-order valence-corrected chi connectivity index (χ0v) is 11.2. The quantitative estimate of drug-likeness (QED) is 0.507. The van der Waals surface area contributed by atoms with Crippen molar-refractivity contribution in [2.24, 2.45) is 4.99 Å². The summed E-state index contributed by atoms with van der Waals surface area (Å²) in [5, 5.41) is 10.9. The highest BCUT2D eigenvalue weighted by Gasteiger charge is 2.07. The molecule has 0 atom stereocenters. The second kappa shape index (κ2) is 6.42. The normalized spacial score (nSPS) is 11.2. The first-order valence-corrected chi connectivity index (χ1v) is 7.07. The van der Waals surface area contributed by atoms with Gasteiger partial charge >= 0.3 is 10.1 Å². The van der Waals surface area contributed by atoms with Crippen LogP contribution < -0.4 is 4.18 Å². The van der Waals surface area contributed by atoms with Crippen LogP contribution in [0.15, 0.2) is 29.3 Å². The topological polar surface area (TPSA) is 76.0 Å². The highest BCUT2D eigenvalue weighted by molar-refractivity contribution is 7.86. The molecule has 0 aliphatic carbocycles. The van der Waals surface area contributed by atoms with E-state index in [0.29, 0.717) is 11.3 Å². The fraction of sp³-hybridized carbons (Fsp3) is 0.182. The standard InChI is InChI=1S/C11H11NO4S2/c1-18(14,15)16-10-5-4-9(3-2-6-13)11(7-10)12-8-17/h2-5,7,13H,6H2,1H3/b3-2+. The summed E-state index contributed by atoms with van der Waals surface area (Å²) >= 11 is 4.51. The van der Waals surface area contributed by atoms with Crippen molar-refractivity contribution in [3.8, 4) is 5.75 Å². The number of rotatable bonds is 5. The molecule has 0 unspecified atom stereocenters. The third kappa shape index (κ3) is 4.77. The van der Waals surface area contributed by atoms with Gasteiger partial charge in [-0.2, -0.15) is 13.4 Å². The van der Waals surface area contributed by atoms with Crippen molar-refractivity contribution in [2.75, 3.05) is 12.9 Å². The minimum atomic E-state index is -3.58. The lowest BCUT2D eigenvalue weighted by atomic mass is 10.1. The van der Waals surface area contributed by atoms with Gasteiger partial charge < -0.3 is 9.29 Å². The maximum atomic E-state index is 11.0. The minimum Gasteiger partial charge on any atom is -0.392 e. The van der Waals surface area contributed by atoms with E-state index in [0.717, 1.165) is 6.26 Å². The summed E-state index contributed by atoms with van der Waals surface area (Å²) in [6, 6.07) is 4.52. The summed E-state index contributed by atoms with van der Waals surface area (Å²) in [5.74, 6) is 0.141. The summed E-state index contributed by atoms with van der Waals surface area (Å²) < 4.78 is 26.7. The molecule has 0 bridgehead atoms. The molecule has 5 nitrogen and oxygen atoms in total. The van der Waals surface area contributed by atoms with E-state index in [-0.39, 0.29) is 12.4 Å². The molecule has 1 N–H and O–H groups in total. The highest BCUT2D eigenvalue weighted by atomic mass is 32.2. The molecule has 1 aromatic rings. The Balaban J connectivity index is 3.18. The summed E-state index contributed by atoms with van der Waals surface area (Å²) in [5.41, 5.74) is 1.08. The Morgan fingerprint density at radius 3 is 2.83 bits per heavy atom. The molecule has 1 rings (SSSR count). The van der Waals surface area contributed by atoms with Crippen LogP contribution in [0.5, 0.6) is 5.75 Å². The van der Waals surface area contributed by atoms with E-state index >= 15 is 0 Å². The maximum absolute atomic E-state index is 11.0. The van der Waals surface area contributed by atoms with Gasteiger partial charge in [0.15, 0.2) is 0 Å². The van der Waals surface area contributed by atoms with E-state index in [9.17, 15) is 8.42 Å². The van der Waals surface area contributed by atoms with Crippen LogP contribution in [0.2, 0.25) is 0 Å². The van der Waals surface area contributed by atoms with Gasteiger partial charge in [0.2, 0.25) is 0 Å². The molecule has 0 saturated heterocycles. The predicted octanol–water partition coefficient (Wildman–Crippen LogP) is 1.76. The van der Waals surface area contributed by atoms with Crippen molar-refractivity contribution in [1.29, 1.82) is 0 Å². The molecule has 0 aromatic heterocycles. The van der Waals surface area contributed by atoms with Crippen molar-refractivity contribution >= 4 is 39.3 Å². The molecule has 0 saturated carbocycles. The van der Waals surface area contributed by atoms with Gasteiger partial charge in [-0.3, -0.25) is 0 Å². The fourth-order valence-corrected chi connectivity index (χ4v) is 1.77. The van der Waals surface area contributed by atoms with E-state index in [1.165, 1.54) is 18.2 Å². The second-order valence-electron chi connectivity index (χ2n) is 3.30. The Hall–Kier alpha value is -1.53. The van der Waals surface area contributed by atoms with Crippen LogP contribution in [0.3, 0.4) is 0 Å². The molecule has 0 amide bonds. The molecule has 0 aliphatic heterocycles. The van der Waals surface area contributed by atoms with Crippen molar-refractivity contribution in [1.82, 2.24) is 0 Å². The molecule has 0 spiro atoms. The van der Waals surface area contributed by atoms with Crippen molar-refractivity contribution in [3.63, 3.8) is 0 Å². The maximum Gasteiger partial charge on any atom is 0.306 e. The molecule has 7 heteroatoms.